The van der Waals surface area contributed by atoms with Crippen LogP contribution in [0.5, 0.6) is 5.75 Å². The van der Waals surface area contributed by atoms with Gasteiger partial charge in [0, 0.05) is 6.61 Å². The summed E-state index contributed by atoms with van der Waals surface area (Å²) in [5.74, 6) is 1.13. The number of rotatable bonds is 9. The number of alkyl halides is 1. The summed E-state index contributed by atoms with van der Waals surface area (Å²) >= 11 is 5.65. The first-order chi connectivity index (χ1) is 8.80. The van der Waals surface area contributed by atoms with E-state index in [4.69, 9.17) is 25.8 Å². The summed E-state index contributed by atoms with van der Waals surface area (Å²) in [5, 5.41) is 0. The zero-order valence-corrected chi connectivity index (χ0v) is 11.7. The molecule has 1 aromatic heterocycles. The lowest BCUT2D eigenvalue weighted by Gasteiger charge is -2.15. The number of pyridine rings is 1. The maximum absolute atomic E-state index is 5.65. The fourth-order valence-electron chi connectivity index (χ4n) is 1.38. The summed E-state index contributed by atoms with van der Waals surface area (Å²) in [5.41, 5.74) is 0.836. The summed E-state index contributed by atoms with van der Waals surface area (Å²) < 4.78 is 16.4. The van der Waals surface area contributed by atoms with E-state index in [2.05, 4.69) is 4.98 Å². The first kappa shape index (κ1) is 15.2. The number of halogens is 1. The Morgan fingerprint density at radius 1 is 1.22 bits per heavy atom. The molecule has 0 radical (unpaired) electrons. The van der Waals surface area contributed by atoms with Crippen LogP contribution in [-0.2, 0) is 15.4 Å². The molecule has 0 aromatic carbocycles. The molecule has 0 N–H and O–H groups in total. The maximum atomic E-state index is 5.65. The Balaban J connectivity index is 2.20. The molecule has 4 nitrogen and oxygen atoms in total. The Bertz CT molecular complexity index is 319. The highest BCUT2D eigenvalue weighted by molar-refractivity contribution is 6.16. The average Bonchev–Trinajstić information content (AvgIpc) is 2.43. The Morgan fingerprint density at radius 3 is 2.61 bits per heavy atom. The van der Waals surface area contributed by atoms with Crippen LogP contribution in [0.15, 0.2) is 18.3 Å². The third-order valence-electron chi connectivity index (χ3n) is 2.28. The molecule has 0 saturated carbocycles. The van der Waals surface area contributed by atoms with Crippen LogP contribution in [-0.4, -0.2) is 31.1 Å². The SMILES string of the molecule is CCOC(CC)OCCOc1ccc(CCl)nc1. The van der Waals surface area contributed by atoms with E-state index in [0.29, 0.717) is 25.7 Å². The van der Waals surface area contributed by atoms with Gasteiger partial charge in [-0.25, -0.2) is 0 Å². The smallest absolute Gasteiger partial charge is 0.157 e. The van der Waals surface area contributed by atoms with E-state index in [1.807, 2.05) is 26.0 Å². The summed E-state index contributed by atoms with van der Waals surface area (Å²) in [6.45, 7) is 5.60. The lowest BCUT2D eigenvalue weighted by atomic mass is 10.4. The minimum atomic E-state index is -0.143. The predicted molar refractivity (Wildman–Crippen MR) is 70.9 cm³/mol. The second kappa shape index (κ2) is 9.14. The topological polar surface area (TPSA) is 40.6 Å². The van der Waals surface area contributed by atoms with Gasteiger partial charge in [-0.05, 0) is 25.5 Å². The van der Waals surface area contributed by atoms with Gasteiger partial charge in [-0.15, -0.1) is 11.6 Å². The van der Waals surface area contributed by atoms with Crippen LogP contribution in [0.2, 0.25) is 0 Å². The van der Waals surface area contributed by atoms with E-state index in [1.54, 1.807) is 6.20 Å². The van der Waals surface area contributed by atoms with Crippen molar-refractivity contribution in [2.24, 2.45) is 0 Å². The number of hydrogen-bond acceptors (Lipinski definition) is 4. The highest BCUT2D eigenvalue weighted by Gasteiger charge is 2.04. The first-order valence-electron chi connectivity index (χ1n) is 6.17. The molecule has 1 atom stereocenters. The third-order valence-corrected chi connectivity index (χ3v) is 2.55. The molecule has 0 spiro atoms. The van der Waals surface area contributed by atoms with E-state index in [-0.39, 0.29) is 6.29 Å². The molecule has 1 rings (SSSR count). The molecular weight excluding hydrogens is 254 g/mol. The quantitative estimate of drug-likeness (QED) is 0.394. The number of hydrogen-bond donors (Lipinski definition) is 0. The van der Waals surface area contributed by atoms with Gasteiger partial charge in [-0.2, -0.15) is 0 Å². The van der Waals surface area contributed by atoms with Crippen molar-refractivity contribution in [3.05, 3.63) is 24.0 Å². The molecule has 102 valence electrons. The zero-order chi connectivity index (χ0) is 13.2. The average molecular weight is 274 g/mol. The Kier molecular flexibility index (Phi) is 7.73. The molecule has 1 heterocycles. The van der Waals surface area contributed by atoms with Crippen molar-refractivity contribution < 1.29 is 14.2 Å². The van der Waals surface area contributed by atoms with Crippen molar-refractivity contribution in [1.29, 1.82) is 0 Å². The van der Waals surface area contributed by atoms with Crippen molar-refractivity contribution in [2.45, 2.75) is 32.4 Å². The monoisotopic (exact) mass is 273 g/mol. The molecule has 1 unspecified atom stereocenters. The van der Waals surface area contributed by atoms with Gasteiger partial charge in [-0.3, -0.25) is 4.98 Å². The van der Waals surface area contributed by atoms with Gasteiger partial charge in [-0.1, -0.05) is 6.92 Å². The largest absolute Gasteiger partial charge is 0.490 e. The number of ether oxygens (including phenoxy) is 3. The van der Waals surface area contributed by atoms with Crippen LogP contribution in [0.1, 0.15) is 26.0 Å². The number of nitrogens with zero attached hydrogens (tertiary/aromatic N) is 1. The molecule has 5 heteroatoms. The second-order valence-electron chi connectivity index (χ2n) is 3.63. The molecule has 18 heavy (non-hydrogen) atoms. The summed E-state index contributed by atoms with van der Waals surface area (Å²) in [4.78, 5) is 4.13. The molecule has 0 fully saturated rings. The molecule has 1 aromatic rings. The maximum Gasteiger partial charge on any atom is 0.157 e. The Hall–Kier alpha value is -0.840. The molecule has 0 aliphatic carbocycles. The van der Waals surface area contributed by atoms with Gasteiger partial charge in [0.2, 0.25) is 0 Å². The minimum Gasteiger partial charge on any atom is -0.490 e. The van der Waals surface area contributed by atoms with Crippen molar-refractivity contribution in [3.8, 4) is 5.75 Å². The zero-order valence-electron chi connectivity index (χ0n) is 10.9. The van der Waals surface area contributed by atoms with Crippen LogP contribution in [0.3, 0.4) is 0 Å². The molecular formula is C13H20ClNO3. The first-order valence-corrected chi connectivity index (χ1v) is 6.70. The minimum absolute atomic E-state index is 0.143. The summed E-state index contributed by atoms with van der Waals surface area (Å²) in [6, 6.07) is 3.70. The van der Waals surface area contributed by atoms with E-state index in [0.717, 1.165) is 17.9 Å². The molecule has 0 bridgehead atoms. The second-order valence-corrected chi connectivity index (χ2v) is 3.90. The van der Waals surface area contributed by atoms with Gasteiger partial charge in [0.25, 0.3) is 0 Å². The molecule has 0 saturated heterocycles. The van der Waals surface area contributed by atoms with Crippen molar-refractivity contribution in [2.75, 3.05) is 19.8 Å². The third kappa shape index (κ3) is 5.67. The van der Waals surface area contributed by atoms with Crippen molar-refractivity contribution >= 4 is 11.6 Å². The lowest BCUT2D eigenvalue weighted by Crippen LogP contribution is -2.19. The van der Waals surface area contributed by atoms with Crippen molar-refractivity contribution in [3.63, 3.8) is 0 Å². The van der Waals surface area contributed by atoms with Gasteiger partial charge in [0.15, 0.2) is 6.29 Å². The Morgan fingerprint density at radius 2 is 2.06 bits per heavy atom. The van der Waals surface area contributed by atoms with Crippen LogP contribution >= 0.6 is 11.6 Å². The molecule has 0 amide bonds. The molecule has 0 aliphatic rings. The summed E-state index contributed by atoms with van der Waals surface area (Å²) in [6.07, 6.45) is 2.35. The number of aromatic nitrogens is 1. The Labute approximate surface area is 113 Å². The molecule has 0 aliphatic heterocycles. The van der Waals surface area contributed by atoms with Gasteiger partial charge in [0.05, 0.1) is 24.4 Å². The standard InChI is InChI=1S/C13H20ClNO3/c1-3-13(16-4-2)18-8-7-17-12-6-5-11(9-14)15-10-12/h5-6,10,13H,3-4,7-9H2,1-2H3. The van der Waals surface area contributed by atoms with E-state index in [1.165, 1.54) is 0 Å². The fraction of sp³-hybridized carbons (Fsp3) is 0.615. The van der Waals surface area contributed by atoms with E-state index < -0.39 is 0 Å². The van der Waals surface area contributed by atoms with Gasteiger partial charge in [0.1, 0.15) is 12.4 Å². The highest BCUT2D eigenvalue weighted by atomic mass is 35.5. The van der Waals surface area contributed by atoms with Crippen LogP contribution in [0.25, 0.3) is 0 Å². The predicted octanol–water partition coefficient (Wildman–Crippen LogP) is 2.99. The normalized spacial score (nSPS) is 12.4. The highest BCUT2D eigenvalue weighted by Crippen LogP contribution is 2.10. The van der Waals surface area contributed by atoms with Gasteiger partial charge >= 0.3 is 0 Å². The lowest BCUT2D eigenvalue weighted by molar-refractivity contribution is -0.144. The van der Waals surface area contributed by atoms with E-state index >= 15 is 0 Å². The van der Waals surface area contributed by atoms with Gasteiger partial charge < -0.3 is 14.2 Å². The van der Waals surface area contributed by atoms with E-state index in [9.17, 15) is 0 Å². The van der Waals surface area contributed by atoms with Crippen LogP contribution in [0.4, 0.5) is 0 Å². The van der Waals surface area contributed by atoms with Crippen molar-refractivity contribution in [1.82, 2.24) is 4.98 Å². The fourth-order valence-corrected chi connectivity index (χ4v) is 1.54. The van der Waals surface area contributed by atoms with Crippen LogP contribution < -0.4 is 4.74 Å². The summed E-state index contributed by atoms with van der Waals surface area (Å²) in [7, 11) is 0. The van der Waals surface area contributed by atoms with Crippen LogP contribution in [0, 0.1) is 0 Å².